The first-order valence-electron chi connectivity index (χ1n) is 12.0. The number of benzene rings is 2. The Morgan fingerprint density at radius 1 is 1.08 bits per heavy atom. The molecule has 2 aromatic carbocycles. The van der Waals surface area contributed by atoms with Gasteiger partial charge < -0.3 is 10.1 Å². The van der Waals surface area contributed by atoms with E-state index in [4.69, 9.17) is 27.9 Å². The molecule has 198 valence electrons. The number of fused-ring (bicyclic) bond motifs is 1. The molecule has 1 N–H and O–H groups in total. The maximum absolute atomic E-state index is 13.4. The number of carbonyl (C=O) groups is 1. The van der Waals surface area contributed by atoms with Gasteiger partial charge in [0.25, 0.3) is 5.56 Å². The van der Waals surface area contributed by atoms with Gasteiger partial charge in [-0.25, -0.2) is 9.67 Å². The van der Waals surface area contributed by atoms with E-state index in [1.54, 1.807) is 48.8 Å². The van der Waals surface area contributed by atoms with E-state index < -0.39 is 11.6 Å². The molecule has 1 amide bonds. The van der Waals surface area contributed by atoms with Crippen LogP contribution in [0, 0.1) is 6.92 Å². The number of nitrogens with zero attached hydrogens (tertiary/aromatic N) is 6. The lowest BCUT2D eigenvalue weighted by molar-refractivity contribution is -0.119. The standard InChI is InChI=1S/C27H23Cl2N7O3/c1-4-22(27(38)32-17-6-7-20-21(10-17)31-15(2)12-30-20)35-13-24(39-3)19(11-26(35)37)18-9-16(28)5-8-23(18)36-14-25(29)33-34-36/h5-14,22H,4H2,1-3H3,(H,32,38)/t22-/m0/s1. The van der Waals surface area contributed by atoms with Crippen molar-refractivity contribution >= 4 is 45.8 Å². The van der Waals surface area contributed by atoms with Crippen LogP contribution in [0.1, 0.15) is 25.1 Å². The number of halogens is 2. The van der Waals surface area contributed by atoms with E-state index in [1.165, 1.54) is 28.6 Å². The molecule has 39 heavy (non-hydrogen) atoms. The number of nitrogens with one attached hydrogen (secondary N) is 1. The molecule has 0 aliphatic carbocycles. The molecule has 10 nitrogen and oxygen atoms in total. The van der Waals surface area contributed by atoms with Crippen molar-refractivity contribution in [2.45, 2.75) is 26.3 Å². The first-order chi connectivity index (χ1) is 18.8. The summed E-state index contributed by atoms with van der Waals surface area (Å²) in [5.41, 5.74) is 3.95. The SMILES string of the molecule is CC[C@@H](C(=O)Nc1ccc2ncc(C)nc2c1)n1cc(OC)c(-c2cc(Cl)ccc2-n2cc(Cl)nn2)cc1=O. The highest BCUT2D eigenvalue weighted by molar-refractivity contribution is 6.31. The minimum atomic E-state index is -0.798. The van der Waals surface area contributed by atoms with Gasteiger partial charge in [-0.15, -0.1) is 5.10 Å². The molecule has 0 radical (unpaired) electrons. The fraction of sp³-hybridized carbons (Fsp3) is 0.185. The molecule has 12 heteroatoms. The average Bonchev–Trinajstić information content (AvgIpc) is 3.35. The van der Waals surface area contributed by atoms with Crippen LogP contribution in [0.2, 0.25) is 10.2 Å². The van der Waals surface area contributed by atoms with Crippen molar-refractivity contribution < 1.29 is 9.53 Å². The molecule has 1 atom stereocenters. The lowest BCUT2D eigenvalue weighted by Gasteiger charge is -2.21. The van der Waals surface area contributed by atoms with Crippen LogP contribution in [0.25, 0.3) is 27.8 Å². The van der Waals surface area contributed by atoms with Crippen molar-refractivity contribution in [2.24, 2.45) is 0 Å². The number of rotatable bonds is 7. The Balaban J connectivity index is 1.52. The second-order valence-corrected chi connectivity index (χ2v) is 9.60. The molecule has 0 aliphatic heterocycles. The van der Waals surface area contributed by atoms with Crippen LogP contribution in [0.5, 0.6) is 5.75 Å². The zero-order valence-corrected chi connectivity index (χ0v) is 22.7. The Morgan fingerprint density at radius 2 is 1.90 bits per heavy atom. The first kappa shape index (κ1) is 26.3. The topological polar surface area (TPSA) is 117 Å². The third-order valence-electron chi connectivity index (χ3n) is 6.18. The van der Waals surface area contributed by atoms with Crippen LogP contribution in [0.3, 0.4) is 0 Å². The van der Waals surface area contributed by atoms with Crippen molar-refractivity contribution in [1.82, 2.24) is 29.5 Å². The monoisotopic (exact) mass is 563 g/mol. The van der Waals surface area contributed by atoms with Gasteiger partial charge in [0, 0.05) is 34.1 Å². The van der Waals surface area contributed by atoms with Crippen molar-refractivity contribution in [3.8, 4) is 22.6 Å². The Labute approximate surface area is 233 Å². The largest absolute Gasteiger partial charge is 0.495 e. The minimum absolute atomic E-state index is 0.212. The van der Waals surface area contributed by atoms with Crippen molar-refractivity contribution in [2.75, 3.05) is 12.4 Å². The number of hydrogen-bond acceptors (Lipinski definition) is 7. The third-order valence-corrected chi connectivity index (χ3v) is 6.59. The number of carbonyl (C=O) groups excluding carboxylic acids is 1. The number of amides is 1. The summed E-state index contributed by atoms with van der Waals surface area (Å²) < 4.78 is 8.51. The van der Waals surface area contributed by atoms with Crippen LogP contribution in [-0.2, 0) is 4.79 Å². The van der Waals surface area contributed by atoms with Crippen LogP contribution in [0.15, 0.2) is 65.8 Å². The minimum Gasteiger partial charge on any atom is -0.495 e. The predicted octanol–water partition coefficient (Wildman–Crippen LogP) is 5.25. The van der Waals surface area contributed by atoms with Gasteiger partial charge in [-0.1, -0.05) is 35.3 Å². The van der Waals surface area contributed by atoms with E-state index in [1.807, 2.05) is 13.8 Å². The molecule has 0 unspecified atom stereocenters. The van der Waals surface area contributed by atoms with Gasteiger partial charge in [0.1, 0.15) is 11.8 Å². The molecule has 5 rings (SSSR count). The molecular formula is C27H23Cl2N7O3. The second kappa shape index (κ2) is 10.8. The summed E-state index contributed by atoms with van der Waals surface area (Å²) in [6.45, 7) is 3.68. The highest BCUT2D eigenvalue weighted by Crippen LogP contribution is 2.35. The Morgan fingerprint density at radius 3 is 2.62 bits per heavy atom. The lowest BCUT2D eigenvalue weighted by atomic mass is 10.0. The summed E-state index contributed by atoms with van der Waals surface area (Å²) >= 11 is 12.3. The molecule has 5 aromatic rings. The van der Waals surface area contributed by atoms with Gasteiger partial charge in [-0.05, 0) is 49.7 Å². The molecule has 0 bridgehead atoms. The summed E-state index contributed by atoms with van der Waals surface area (Å²) in [6, 6.07) is 11.0. The van der Waals surface area contributed by atoms with Crippen LogP contribution < -0.4 is 15.6 Å². The number of aryl methyl sites for hydroxylation is 1. The maximum Gasteiger partial charge on any atom is 0.252 e. The number of pyridine rings is 1. The average molecular weight is 564 g/mol. The fourth-order valence-corrected chi connectivity index (χ4v) is 4.64. The van der Waals surface area contributed by atoms with Gasteiger partial charge in [-0.3, -0.25) is 19.1 Å². The van der Waals surface area contributed by atoms with Crippen LogP contribution >= 0.6 is 23.2 Å². The zero-order valence-electron chi connectivity index (χ0n) is 21.2. The Bertz CT molecular complexity index is 1770. The van der Waals surface area contributed by atoms with Gasteiger partial charge in [0.2, 0.25) is 5.91 Å². The first-order valence-corrected chi connectivity index (χ1v) is 12.8. The molecule has 0 saturated carbocycles. The second-order valence-electron chi connectivity index (χ2n) is 8.78. The Hall–Kier alpha value is -4.28. The van der Waals surface area contributed by atoms with Gasteiger partial charge >= 0.3 is 0 Å². The van der Waals surface area contributed by atoms with Crippen molar-refractivity contribution in [3.63, 3.8) is 0 Å². The van der Waals surface area contributed by atoms with Gasteiger partial charge in [-0.2, -0.15) is 0 Å². The lowest BCUT2D eigenvalue weighted by Crippen LogP contribution is -2.32. The number of ether oxygens (including phenoxy) is 1. The number of anilines is 1. The summed E-state index contributed by atoms with van der Waals surface area (Å²) in [7, 11) is 1.49. The highest BCUT2D eigenvalue weighted by Gasteiger charge is 2.23. The molecule has 0 fully saturated rings. The molecular weight excluding hydrogens is 541 g/mol. The maximum atomic E-state index is 13.4. The summed E-state index contributed by atoms with van der Waals surface area (Å²) in [6.07, 6.45) is 5.12. The zero-order chi connectivity index (χ0) is 27.7. The number of hydrogen-bond donors (Lipinski definition) is 1. The molecule has 0 spiro atoms. The van der Waals surface area contributed by atoms with Crippen LogP contribution in [-0.4, -0.2) is 42.5 Å². The molecule has 3 aromatic heterocycles. The van der Waals surface area contributed by atoms with E-state index in [9.17, 15) is 9.59 Å². The Kier molecular flexibility index (Phi) is 7.32. The third kappa shape index (κ3) is 5.34. The van der Waals surface area contributed by atoms with Crippen LogP contribution in [0.4, 0.5) is 5.69 Å². The van der Waals surface area contributed by atoms with E-state index in [-0.39, 0.29) is 11.1 Å². The van der Waals surface area contributed by atoms with E-state index >= 15 is 0 Å². The summed E-state index contributed by atoms with van der Waals surface area (Å²) in [5, 5.41) is 11.4. The fourth-order valence-electron chi connectivity index (χ4n) is 4.35. The van der Waals surface area contributed by atoms with Crippen molar-refractivity contribution in [3.05, 3.63) is 87.3 Å². The molecule has 3 heterocycles. The molecule has 0 aliphatic rings. The quantitative estimate of drug-likeness (QED) is 0.287. The summed E-state index contributed by atoms with van der Waals surface area (Å²) in [5.74, 6) is 0.0158. The van der Waals surface area contributed by atoms with Crippen molar-refractivity contribution in [1.29, 1.82) is 0 Å². The summed E-state index contributed by atoms with van der Waals surface area (Å²) in [4.78, 5) is 35.6. The number of methoxy groups -OCH3 is 1. The highest BCUT2D eigenvalue weighted by atomic mass is 35.5. The molecule has 0 saturated heterocycles. The van der Waals surface area contributed by atoms with Gasteiger partial charge in [0.15, 0.2) is 5.15 Å². The van der Waals surface area contributed by atoms with E-state index in [2.05, 4.69) is 25.6 Å². The predicted molar refractivity (Wildman–Crippen MR) is 150 cm³/mol. The smallest absolute Gasteiger partial charge is 0.252 e. The number of aromatic nitrogens is 6. The van der Waals surface area contributed by atoms with E-state index in [0.717, 1.165) is 11.2 Å². The normalized spacial score (nSPS) is 11.9. The van der Waals surface area contributed by atoms with E-state index in [0.29, 0.717) is 45.2 Å². The van der Waals surface area contributed by atoms with Gasteiger partial charge in [0.05, 0.1) is 41.9 Å².